The zero-order chi connectivity index (χ0) is 17.2. The summed E-state index contributed by atoms with van der Waals surface area (Å²) < 4.78 is 10.7. The Kier molecular flexibility index (Phi) is 4.71. The summed E-state index contributed by atoms with van der Waals surface area (Å²) in [5.41, 5.74) is 0.938. The molecule has 1 saturated carbocycles. The quantitative estimate of drug-likeness (QED) is 0.629. The second kappa shape index (κ2) is 6.76. The van der Waals surface area contributed by atoms with Crippen molar-refractivity contribution in [3.05, 3.63) is 39.9 Å². The van der Waals surface area contributed by atoms with Gasteiger partial charge in [0.1, 0.15) is 11.7 Å². The van der Waals surface area contributed by atoms with Crippen LogP contribution in [0, 0.1) is 16.0 Å². The van der Waals surface area contributed by atoms with Crippen molar-refractivity contribution in [3.63, 3.8) is 0 Å². The fourth-order valence-corrected chi connectivity index (χ4v) is 3.36. The first-order valence-corrected chi connectivity index (χ1v) is 8.19. The fourth-order valence-electron chi connectivity index (χ4n) is 3.36. The first-order valence-electron chi connectivity index (χ1n) is 8.19. The van der Waals surface area contributed by atoms with Crippen molar-refractivity contribution in [3.8, 4) is 5.75 Å². The third-order valence-electron chi connectivity index (χ3n) is 5.12. The van der Waals surface area contributed by atoms with E-state index in [2.05, 4.69) is 5.32 Å². The molecule has 1 amide bonds. The average Bonchev–Trinajstić information content (AvgIpc) is 3.42. The number of benzene rings is 1. The molecule has 0 radical (unpaired) electrons. The number of rotatable bonds is 6. The zero-order valence-corrected chi connectivity index (χ0v) is 13.7. The van der Waals surface area contributed by atoms with Crippen LogP contribution in [0.2, 0.25) is 0 Å². The van der Waals surface area contributed by atoms with Gasteiger partial charge in [0, 0.05) is 36.5 Å². The maximum Gasteiger partial charge on any atom is 0.230 e. The molecule has 1 heterocycles. The van der Waals surface area contributed by atoms with Gasteiger partial charge in [0.25, 0.3) is 0 Å². The number of nitrogens with one attached hydrogen (secondary N) is 1. The maximum atomic E-state index is 12.2. The number of hydrogen-bond acceptors (Lipinski definition) is 5. The Morgan fingerprint density at radius 2 is 2.04 bits per heavy atom. The second-order valence-electron chi connectivity index (χ2n) is 6.53. The van der Waals surface area contributed by atoms with Crippen molar-refractivity contribution in [2.24, 2.45) is 5.92 Å². The van der Waals surface area contributed by atoms with Crippen molar-refractivity contribution in [2.45, 2.75) is 30.7 Å². The number of nitro groups is 1. The van der Waals surface area contributed by atoms with E-state index in [9.17, 15) is 14.9 Å². The van der Waals surface area contributed by atoms with Gasteiger partial charge in [0.2, 0.25) is 11.9 Å². The summed E-state index contributed by atoms with van der Waals surface area (Å²) in [5.74, 6) is 0.0978. The largest absolute Gasteiger partial charge is 0.497 e. The van der Waals surface area contributed by atoms with Crippen LogP contribution in [0.25, 0.3) is 0 Å². The Labute approximate surface area is 140 Å². The number of carbonyl (C=O) groups excluding carboxylic acids is 1. The van der Waals surface area contributed by atoms with Crippen LogP contribution in [0.5, 0.6) is 5.75 Å². The lowest BCUT2D eigenvalue weighted by Crippen LogP contribution is -2.45. The van der Waals surface area contributed by atoms with Crippen LogP contribution >= 0.6 is 0 Å². The third-order valence-corrected chi connectivity index (χ3v) is 5.12. The van der Waals surface area contributed by atoms with Gasteiger partial charge in [-0.3, -0.25) is 14.9 Å². The monoisotopic (exact) mass is 334 g/mol. The van der Waals surface area contributed by atoms with E-state index in [1.807, 2.05) is 24.3 Å². The lowest BCUT2D eigenvalue weighted by molar-refractivity contribution is -0.497. The highest BCUT2D eigenvalue weighted by Crippen LogP contribution is 2.37. The molecule has 2 atom stereocenters. The summed E-state index contributed by atoms with van der Waals surface area (Å²) in [6.45, 7) is 1.76. The molecule has 0 spiro atoms. The molecule has 2 aliphatic rings. The van der Waals surface area contributed by atoms with Gasteiger partial charge in [-0.05, 0) is 30.5 Å². The first kappa shape index (κ1) is 16.7. The van der Waals surface area contributed by atoms with Crippen LogP contribution in [0.15, 0.2) is 24.3 Å². The van der Waals surface area contributed by atoms with Gasteiger partial charge in [-0.25, -0.2) is 0 Å². The molecule has 1 N–H and O–H groups in total. The van der Waals surface area contributed by atoms with Gasteiger partial charge in [0.15, 0.2) is 0 Å². The Morgan fingerprint density at radius 1 is 1.38 bits per heavy atom. The average molecular weight is 334 g/mol. The molecule has 3 rings (SSSR count). The molecule has 1 saturated heterocycles. The Morgan fingerprint density at radius 3 is 2.58 bits per heavy atom. The van der Waals surface area contributed by atoms with Crippen molar-refractivity contribution in [2.75, 3.05) is 26.9 Å². The predicted octanol–water partition coefficient (Wildman–Crippen LogP) is 1.52. The molecule has 0 unspecified atom stereocenters. The van der Waals surface area contributed by atoms with E-state index in [-0.39, 0.29) is 16.2 Å². The molecule has 1 aromatic carbocycles. The van der Waals surface area contributed by atoms with E-state index in [0.717, 1.165) is 24.2 Å². The minimum absolute atomic E-state index is 0.195. The van der Waals surface area contributed by atoms with Gasteiger partial charge in [-0.15, -0.1) is 0 Å². The van der Waals surface area contributed by atoms with Crippen LogP contribution in [-0.4, -0.2) is 43.7 Å². The van der Waals surface area contributed by atoms with Crippen molar-refractivity contribution in [1.82, 2.24) is 5.32 Å². The van der Waals surface area contributed by atoms with Gasteiger partial charge in [-0.2, -0.15) is 0 Å². The Hall–Kier alpha value is -2.15. The number of carbonyl (C=O) groups is 1. The smallest absolute Gasteiger partial charge is 0.230 e. The summed E-state index contributed by atoms with van der Waals surface area (Å²) in [4.78, 5) is 22.5. The van der Waals surface area contributed by atoms with Crippen molar-refractivity contribution >= 4 is 5.91 Å². The van der Waals surface area contributed by atoms with Crippen LogP contribution in [0.4, 0.5) is 0 Å². The number of ether oxygens (including phenoxy) is 2. The second-order valence-corrected chi connectivity index (χ2v) is 6.53. The third kappa shape index (κ3) is 3.36. The molecule has 130 valence electrons. The standard InChI is InChI=1S/C17H22N2O5/c1-23-13-4-2-12(3-5-13)17(6-8-24-9-7-17)11-18-16(20)14-10-15(14)19(21)22/h2-5,14-15H,6-11H2,1H3,(H,18,20)/t14-,15+/m0/s1. The van der Waals surface area contributed by atoms with E-state index in [1.165, 1.54) is 0 Å². The predicted molar refractivity (Wildman–Crippen MR) is 86.6 cm³/mol. The number of methoxy groups -OCH3 is 1. The number of hydrogen-bond donors (Lipinski definition) is 1. The zero-order valence-electron chi connectivity index (χ0n) is 13.7. The van der Waals surface area contributed by atoms with Gasteiger partial charge < -0.3 is 14.8 Å². The van der Waals surface area contributed by atoms with Crippen LogP contribution in [-0.2, 0) is 14.9 Å². The summed E-state index contributed by atoms with van der Waals surface area (Å²) in [5, 5.41) is 13.7. The van der Waals surface area contributed by atoms with E-state index in [1.54, 1.807) is 7.11 Å². The maximum absolute atomic E-state index is 12.2. The van der Waals surface area contributed by atoms with E-state index >= 15 is 0 Å². The van der Waals surface area contributed by atoms with E-state index < -0.39 is 12.0 Å². The van der Waals surface area contributed by atoms with Gasteiger partial charge >= 0.3 is 0 Å². The van der Waals surface area contributed by atoms with Crippen molar-refractivity contribution in [1.29, 1.82) is 0 Å². The minimum atomic E-state index is -0.711. The van der Waals surface area contributed by atoms with Crippen LogP contribution in [0.3, 0.4) is 0 Å². The molecule has 24 heavy (non-hydrogen) atoms. The molecular weight excluding hydrogens is 312 g/mol. The first-order chi connectivity index (χ1) is 11.6. The Balaban J connectivity index is 1.69. The summed E-state index contributed by atoms with van der Waals surface area (Å²) in [7, 11) is 1.63. The van der Waals surface area contributed by atoms with E-state index in [0.29, 0.717) is 26.2 Å². The van der Waals surface area contributed by atoms with E-state index in [4.69, 9.17) is 9.47 Å². The minimum Gasteiger partial charge on any atom is -0.497 e. The molecule has 0 aromatic heterocycles. The molecule has 7 nitrogen and oxygen atoms in total. The molecule has 1 aromatic rings. The lowest BCUT2D eigenvalue weighted by Gasteiger charge is -2.38. The summed E-state index contributed by atoms with van der Waals surface area (Å²) in [6, 6.07) is 7.16. The summed E-state index contributed by atoms with van der Waals surface area (Å²) in [6.07, 6.45) is 1.96. The SMILES string of the molecule is COc1ccc(C2(CNC(=O)[C@H]3C[C@H]3[N+](=O)[O-])CCOCC2)cc1. The molecule has 7 heteroatoms. The highest BCUT2D eigenvalue weighted by molar-refractivity contribution is 5.82. The molecule has 1 aliphatic heterocycles. The molecule has 1 aliphatic carbocycles. The fraction of sp³-hybridized carbons (Fsp3) is 0.588. The highest BCUT2D eigenvalue weighted by atomic mass is 16.6. The van der Waals surface area contributed by atoms with Gasteiger partial charge in [-0.1, -0.05) is 12.1 Å². The molecule has 0 bridgehead atoms. The van der Waals surface area contributed by atoms with Gasteiger partial charge in [0.05, 0.1) is 7.11 Å². The van der Waals surface area contributed by atoms with Crippen LogP contribution < -0.4 is 10.1 Å². The normalized spacial score (nSPS) is 24.9. The number of nitrogens with zero attached hydrogens (tertiary/aromatic N) is 1. The lowest BCUT2D eigenvalue weighted by atomic mass is 9.74. The summed E-state index contributed by atoms with van der Waals surface area (Å²) >= 11 is 0. The molecule has 2 fully saturated rings. The van der Waals surface area contributed by atoms with Crippen molar-refractivity contribution < 1.29 is 19.2 Å². The Bertz CT molecular complexity index is 610. The topological polar surface area (TPSA) is 90.7 Å². The number of amides is 1. The van der Waals surface area contributed by atoms with Crippen LogP contribution in [0.1, 0.15) is 24.8 Å². The molecular formula is C17H22N2O5. The highest BCUT2D eigenvalue weighted by Gasteiger charge is 2.53.